The summed E-state index contributed by atoms with van der Waals surface area (Å²) in [4.78, 5) is 24.7. The first kappa shape index (κ1) is 15.2. The number of aromatic nitrogens is 2. The fourth-order valence-electron chi connectivity index (χ4n) is 2.49. The predicted octanol–water partition coefficient (Wildman–Crippen LogP) is 2.01. The van der Waals surface area contributed by atoms with Gasteiger partial charge in [-0.2, -0.15) is 5.10 Å². The maximum atomic E-state index is 13.2. The average molecular weight is 317 g/mol. The number of halogens is 1. The summed E-state index contributed by atoms with van der Waals surface area (Å²) in [7, 11) is 0. The number of carbonyl (C=O) groups is 2. The molecule has 1 aliphatic carbocycles. The van der Waals surface area contributed by atoms with E-state index in [9.17, 15) is 14.0 Å². The number of rotatable bonds is 5. The van der Waals surface area contributed by atoms with Crippen molar-refractivity contribution in [2.75, 3.05) is 6.54 Å². The van der Waals surface area contributed by atoms with Gasteiger partial charge in [-0.3, -0.25) is 9.59 Å². The van der Waals surface area contributed by atoms with E-state index in [-0.39, 0.29) is 24.1 Å². The fraction of sp³-hybridized carbons (Fsp3) is 0.312. The Balaban J connectivity index is 1.85. The number of benzene rings is 1. The number of carboxylic acid groups (broad SMARTS) is 1. The monoisotopic (exact) mass is 317 g/mol. The van der Waals surface area contributed by atoms with Crippen molar-refractivity contribution in [3.8, 4) is 5.69 Å². The number of aliphatic carboxylic acids is 1. The maximum Gasteiger partial charge on any atom is 0.323 e. The smallest absolute Gasteiger partial charge is 0.323 e. The lowest BCUT2D eigenvalue weighted by atomic mass is 10.2. The highest BCUT2D eigenvalue weighted by atomic mass is 19.1. The van der Waals surface area contributed by atoms with Crippen LogP contribution in [0, 0.1) is 12.7 Å². The Morgan fingerprint density at radius 1 is 1.39 bits per heavy atom. The third-order valence-electron chi connectivity index (χ3n) is 3.77. The van der Waals surface area contributed by atoms with Gasteiger partial charge in [0.05, 0.1) is 5.69 Å². The van der Waals surface area contributed by atoms with E-state index < -0.39 is 11.9 Å². The van der Waals surface area contributed by atoms with Gasteiger partial charge in [-0.25, -0.2) is 9.07 Å². The molecule has 0 aliphatic heterocycles. The average Bonchev–Trinajstić information content (AvgIpc) is 3.21. The van der Waals surface area contributed by atoms with Crippen molar-refractivity contribution in [3.05, 3.63) is 47.5 Å². The van der Waals surface area contributed by atoms with Crippen molar-refractivity contribution in [3.63, 3.8) is 0 Å². The van der Waals surface area contributed by atoms with Crippen LogP contribution in [0.3, 0.4) is 0 Å². The molecule has 1 saturated carbocycles. The third-order valence-corrected chi connectivity index (χ3v) is 3.77. The summed E-state index contributed by atoms with van der Waals surface area (Å²) in [6, 6.07) is 5.83. The van der Waals surface area contributed by atoms with E-state index in [4.69, 9.17) is 5.11 Å². The molecule has 120 valence electrons. The molecule has 1 N–H and O–H groups in total. The van der Waals surface area contributed by atoms with Crippen LogP contribution in [0.2, 0.25) is 0 Å². The Morgan fingerprint density at radius 2 is 2.13 bits per heavy atom. The second-order valence-corrected chi connectivity index (χ2v) is 5.63. The summed E-state index contributed by atoms with van der Waals surface area (Å²) in [6.07, 6.45) is 3.24. The van der Waals surface area contributed by atoms with Crippen molar-refractivity contribution in [2.24, 2.45) is 0 Å². The zero-order chi connectivity index (χ0) is 16.6. The molecule has 0 atom stereocenters. The molecular formula is C16H16FN3O3. The second-order valence-electron chi connectivity index (χ2n) is 5.63. The van der Waals surface area contributed by atoms with Crippen molar-refractivity contribution in [1.82, 2.24) is 14.7 Å². The lowest BCUT2D eigenvalue weighted by Gasteiger charge is -2.18. The van der Waals surface area contributed by atoms with E-state index in [0.717, 1.165) is 12.8 Å². The minimum absolute atomic E-state index is 0.0173. The fourth-order valence-corrected chi connectivity index (χ4v) is 2.49. The summed E-state index contributed by atoms with van der Waals surface area (Å²) in [5.74, 6) is -1.77. The van der Waals surface area contributed by atoms with Crippen LogP contribution in [0.4, 0.5) is 4.39 Å². The van der Waals surface area contributed by atoms with Gasteiger partial charge in [-0.05, 0) is 49.6 Å². The number of hydrogen-bond acceptors (Lipinski definition) is 3. The predicted molar refractivity (Wildman–Crippen MR) is 80.0 cm³/mol. The summed E-state index contributed by atoms with van der Waals surface area (Å²) < 4.78 is 14.7. The van der Waals surface area contributed by atoms with E-state index in [1.165, 1.54) is 21.7 Å². The van der Waals surface area contributed by atoms with Gasteiger partial charge in [-0.1, -0.05) is 0 Å². The zero-order valence-electron chi connectivity index (χ0n) is 12.6. The molecule has 1 heterocycles. The molecule has 2 aromatic rings. The topological polar surface area (TPSA) is 75.4 Å². The molecule has 7 heteroatoms. The van der Waals surface area contributed by atoms with Gasteiger partial charge in [0.1, 0.15) is 12.4 Å². The van der Waals surface area contributed by atoms with Crippen LogP contribution in [0.25, 0.3) is 5.69 Å². The Kier molecular flexibility index (Phi) is 3.85. The Bertz CT molecular complexity index is 768. The van der Waals surface area contributed by atoms with Crippen LogP contribution < -0.4 is 0 Å². The number of aryl methyl sites for hydroxylation is 1. The van der Waals surface area contributed by atoms with Crippen LogP contribution in [0.5, 0.6) is 0 Å². The summed E-state index contributed by atoms with van der Waals surface area (Å²) in [5.41, 5.74) is 1.54. The Labute approximate surface area is 132 Å². The minimum Gasteiger partial charge on any atom is -0.480 e. The molecule has 0 saturated heterocycles. The summed E-state index contributed by atoms with van der Waals surface area (Å²) in [5, 5.41) is 13.2. The van der Waals surface area contributed by atoms with Crippen molar-refractivity contribution >= 4 is 11.9 Å². The van der Waals surface area contributed by atoms with Crippen molar-refractivity contribution in [1.29, 1.82) is 0 Å². The molecule has 23 heavy (non-hydrogen) atoms. The van der Waals surface area contributed by atoms with Crippen LogP contribution in [0.1, 0.15) is 28.9 Å². The van der Waals surface area contributed by atoms with Gasteiger partial charge < -0.3 is 10.0 Å². The van der Waals surface area contributed by atoms with E-state index in [1.807, 2.05) is 0 Å². The minimum atomic E-state index is -1.04. The normalized spacial score (nSPS) is 13.8. The quantitative estimate of drug-likeness (QED) is 0.915. The highest BCUT2D eigenvalue weighted by Gasteiger charge is 2.35. The molecule has 1 amide bonds. The largest absolute Gasteiger partial charge is 0.480 e. The lowest BCUT2D eigenvalue weighted by molar-refractivity contribution is -0.137. The zero-order valence-corrected chi connectivity index (χ0v) is 12.6. The van der Waals surface area contributed by atoms with Gasteiger partial charge >= 0.3 is 5.97 Å². The number of hydrogen-bond donors (Lipinski definition) is 1. The third kappa shape index (κ3) is 3.23. The molecule has 1 aromatic heterocycles. The number of amides is 1. The first-order valence-electron chi connectivity index (χ1n) is 7.30. The molecule has 0 spiro atoms. The number of carbonyl (C=O) groups excluding carboxylic acids is 1. The van der Waals surface area contributed by atoms with Crippen LogP contribution in [0.15, 0.2) is 30.5 Å². The Hall–Kier alpha value is -2.70. The van der Waals surface area contributed by atoms with Crippen LogP contribution in [-0.2, 0) is 4.79 Å². The summed E-state index contributed by atoms with van der Waals surface area (Å²) in [6.45, 7) is 1.43. The van der Waals surface area contributed by atoms with Crippen molar-refractivity contribution < 1.29 is 19.1 Å². The van der Waals surface area contributed by atoms with Crippen LogP contribution in [-0.4, -0.2) is 44.3 Å². The van der Waals surface area contributed by atoms with Crippen LogP contribution >= 0.6 is 0 Å². The highest BCUT2D eigenvalue weighted by molar-refractivity contribution is 5.94. The Morgan fingerprint density at radius 3 is 2.74 bits per heavy atom. The molecule has 0 unspecified atom stereocenters. The molecule has 0 bridgehead atoms. The van der Waals surface area contributed by atoms with Crippen molar-refractivity contribution in [2.45, 2.75) is 25.8 Å². The van der Waals surface area contributed by atoms with Gasteiger partial charge in [0.25, 0.3) is 5.91 Å². The van der Waals surface area contributed by atoms with Gasteiger partial charge in [0, 0.05) is 12.2 Å². The van der Waals surface area contributed by atoms with Gasteiger partial charge in [-0.15, -0.1) is 0 Å². The first-order valence-corrected chi connectivity index (χ1v) is 7.30. The van der Waals surface area contributed by atoms with Gasteiger partial charge in [0.2, 0.25) is 0 Å². The molecule has 6 nitrogen and oxygen atoms in total. The maximum absolute atomic E-state index is 13.2. The van der Waals surface area contributed by atoms with E-state index >= 15 is 0 Å². The molecule has 1 aromatic carbocycles. The number of carboxylic acids is 1. The SMILES string of the molecule is Cc1cc(F)ccc1-n1ccc(C(=O)N(CC(=O)O)C2CC2)n1. The highest BCUT2D eigenvalue weighted by Crippen LogP contribution is 2.28. The molecule has 3 rings (SSSR count). The standard InChI is InChI=1S/C16H16FN3O3/c1-10-8-11(17)2-5-14(10)20-7-6-13(18-20)16(23)19(9-15(21)22)12-3-4-12/h2,5-8,12H,3-4,9H2,1H3,(H,21,22). The molecule has 1 fully saturated rings. The number of nitrogens with zero attached hydrogens (tertiary/aromatic N) is 3. The first-order chi connectivity index (χ1) is 11.0. The van der Waals surface area contributed by atoms with Gasteiger partial charge in [0.15, 0.2) is 5.69 Å². The summed E-state index contributed by atoms with van der Waals surface area (Å²) >= 11 is 0. The van der Waals surface area contributed by atoms with E-state index in [1.54, 1.807) is 25.3 Å². The molecular weight excluding hydrogens is 301 g/mol. The lowest BCUT2D eigenvalue weighted by Crippen LogP contribution is -2.37. The second kappa shape index (κ2) is 5.83. The van der Waals surface area contributed by atoms with E-state index in [2.05, 4.69) is 5.10 Å². The van der Waals surface area contributed by atoms with E-state index in [0.29, 0.717) is 11.3 Å². The molecule has 0 radical (unpaired) electrons. The molecule has 1 aliphatic rings.